The minimum Gasteiger partial charge on any atom is -0.462 e. The van der Waals surface area contributed by atoms with Crippen LogP contribution in [0.5, 0.6) is 0 Å². The van der Waals surface area contributed by atoms with Gasteiger partial charge in [-0.1, -0.05) is 18.2 Å². The summed E-state index contributed by atoms with van der Waals surface area (Å²) >= 11 is 0. The van der Waals surface area contributed by atoms with Crippen LogP contribution in [0.3, 0.4) is 0 Å². The Bertz CT molecular complexity index is 1040. The maximum atomic E-state index is 14.0. The predicted molar refractivity (Wildman–Crippen MR) is 99.2 cm³/mol. The zero-order valence-electron chi connectivity index (χ0n) is 15.2. The highest BCUT2D eigenvalue weighted by Crippen LogP contribution is 2.22. The van der Waals surface area contributed by atoms with Crippen LogP contribution in [0, 0.1) is 5.82 Å². The molecule has 6 nitrogen and oxygen atoms in total. The molecule has 0 unspecified atom stereocenters. The number of hydrogen-bond acceptors (Lipinski definition) is 4. The number of esters is 1. The third kappa shape index (κ3) is 3.50. The van der Waals surface area contributed by atoms with E-state index in [1.165, 1.54) is 22.8 Å². The van der Waals surface area contributed by atoms with Gasteiger partial charge in [-0.3, -0.25) is 9.13 Å². The molecule has 0 aliphatic rings. The molecule has 0 saturated carbocycles. The molecule has 3 rings (SSSR count). The van der Waals surface area contributed by atoms with Gasteiger partial charge in [0, 0.05) is 12.1 Å². The first-order valence-corrected chi connectivity index (χ1v) is 8.80. The van der Waals surface area contributed by atoms with Crippen LogP contribution in [0.4, 0.5) is 4.39 Å². The van der Waals surface area contributed by atoms with Crippen molar-refractivity contribution in [2.24, 2.45) is 0 Å². The van der Waals surface area contributed by atoms with Gasteiger partial charge >= 0.3 is 11.7 Å². The molecule has 0 aliphatic heterocycles. The van der Waals surface area contributed by atoms with Crippen molar-refractivity contribution in [3.05, 3.63) is 69.9 Å². The molecule has 1 N–H and O–H groups in total. The summed E-state index contributed by atoms with van der Waals surface area (Å²) in [4.78, 5) is 24.8. The Kier molecular flexibility index (Phi) is 5.41. The summed E-state index contributed by atoms with van der Waals surface area (Å²) in [5, 5.41) is 10.5. The van der Waals surface area contributed by atoms with Gasteiger partial charge in [-0.15, -0.1) is 0 Å². The summed E-state index contributed by atoms with van der Waals surface area (Å²) in [6.07, 6.45) is -1.20. The predicted octanol–water partition coefficient (Wildman–Crippen LogP) is 2.87. The largest absolute Gasteiger partial charge is 0.462 e. The molecule has 0 radical (unpaired) electrons. The summed E-state index contributed by atoms with van der Waals surface area (Å²) in [6.45, 7) is 4.08. The van der Waals surface area contributed by atoms with Crippen LogP contribution in [0.25, 0.3) is 11.0 Å². The molecule has 2 aromatic carbocycles. The number of aliphatic hydroxyl groups is 1. The van der Waals surface area contributed by atoms with Gasteiger partial charge in [-0.05, 0) is 38.1 Å². The van der Waals surface area contributed by atoms with Gasteiger partial charge in [-0.25, -0.2) is 14.0 Å². The monoisotopic (exact) mass is 372 g/mol. The molecule has 142 valence electrons. The number of carbonyl (C=O) groups is 1. The molecule has 1 aromatic heterocycles. The molecule has 0 bridgehead atoms. The number of ether oxygens (including phenoxy) is 1. The quantitative estimate of drug-likeness (QED) is 0.676. The van der Waals surface area contributed by atoms with Crippen LogP contribution in [-0.4, -0.2) is 26.8 Å². The number of nitrogens with zero attached hydrogens (tertiary/aromatic N) is 2. The Labute approximate surface area is 155 Å². The lowest BCUT2D eigenvalue weighted by atomic mass is 10.1. The fourth-order valence-corrected chi connectivity index (χ4v) is 3.16. The Balaban J connectivity index is 2.09. The van der Waals surface area contributed by atoms with Crippen molar-refractivity contribution in [1.29, 1.82) is 0 Å². The van der Waals surface area contributed by atoms with Crippen molar-refractivity contribution in [3.8, 4) is 0 Å². The number of benzene rings is 2. The Morgan fingerprint density at radius 2 is 1.89 bits per heavy atom. The maximum Gasteiger partial charge on any atom is 0.338 e. The Morgan fingerprint density at radius 1 is 1.15 bits per heavy atom. The van der Waals surface area contributed by atoms with Crippen LogP contribution in [0.1, 0.15) is 35.9 Å². The van der Waals surface area contributed by atoms with Crippen LogP contribution in [0.15, 0.2) is 47.3 Å². The van der Waals surface area contributed by atoms with E-state index in [4.69, 9.17) is 4.74 Å². The molecule has 0 spiro atoms. The highest BCUT2D eigenvalue weighted by Gasteiger charge is 2.19. The number of fused-ring (bicyclic) bond motifs is 1. The van der Waals surface area contributed by atoms with Gasteiger partial charge in [0.05, 0.1) is 35.9 Å². The fraction of sp³-hybridized carbons (Fsp3) is 0.300. The average molecular weight is 372 g/mol. The van der Waals surface area contributed by atoms with Crippen molar-refractivity contribution in [2.75, 3.05) is 6.61 Å². The van der Waals surface area contributed by atoms with Crippen LogP contribution < -0.4 is 5.69 Å². The number of imidazole rings is 1. The average Bonchev–Trinajstić information content (AvgIpc) is 2.92. The number of rotatable bonds is 6. The standard InChI is InChI=1S/C20H21FN2O4/c1-3-22-16-10-9-13(19(25)27-4-2)11-17(16)23(20(22)26)12-18(24)14-7-5-6-8-15(14)21/h5-11,18,24H,3-4,12H2,1-2H3/t18-/m0/s1. The van der Waals surface area contributed by atoms with Crippen molar-refractivity contribution in [1.82, 2.24) is 9.13 Å². The summed E-state index contributed by atoms with van der Waals surface area (Å²) in [7, 11) is 0. The van der Waals surface area contributed by atoms with Gasteiger partial charge in [0.15, 0.2) is 0 Å². The molecule has 7 heteroatoms. The second-order valence-corrected chi connectivity index (χ2v) is 6.10. The van der Waals surface area contributed by atoms with Gasteiger partial charge in [0.25, 0.3) is 0 Å². The van der Waals surface area contributed by atoms with E-state index in [1.54, 1.807) is 35.8 Å². The Morgan fingerprint density at radius 3 is 2.56 bits per heavy atom. The second kappa shape index (κ2) is 7.75. The SMILES string of the molecule is CCOC(=O)c1ccc2c(c1)n(C[C@H](O)c1ccccc1F)c(=O)n2CC. The lowest BCUT2D eigenvalue weighted by molar-refractivity contribution is 0.0526. The highest BCUT2D eigenvalue weighted by atomic mass is 19.1. The minimum absolute atomic E-state index is 0.114. The number of aliphatic hydroxyl groups excluding tert-OH is 1. The van der Waals surface area contributed by atoms with Crippen LogP contribution in [0.2, 0.25) is 0 Å². The first-order chi connectivity index (χ1) is 13.0. The molecule has 0 fully saturated rings. The van der Waals surface area contributed by atoms with Crippen molar-refractivity contribution in [2.45, 2.75) is 33.0 Å². The maximum absolute atomic E-state index is 14.0. The molecular weight excluding hydrogens is 351 g/mol. The number of carbonyl (C=O) groups excluding carboxylic acids is 1. The van der Waals surface area contributed by atoms with Crippen molar-refractivity contribution >= 4 is 17.0 Å². The topological polar surface area (TPSA) is 73.5 Å². The normalized spacial score (nSPS) is 12.3. The smallest absolute Gasteiger partial charge is 0.338 e. The second-order valence-electron chi connectivity index (χ2n) is 6.10. The van der Waals surface area contributed by atoms with E-state index in [1.807, 2.05) is 6.92 Å². The van der Waals surface area contributed by atoms with Crippen molar-refractivity contribution < 1.29 is 19.0 Å². The van der Waals surface area contributed by atoms with Gasteiger partial charge in [0.1, 0.15) is 5.82 Å². The van der Waals surface area contributed by atoms with Crippen LogP contribution in [-0.2, 0) is 17.8 Å². The van der Waals surface area contributed by atoms with Crippen LogP contribution >= 0.6 is 0 Å². The van der Waals surface area contributed by atoms with E-state index in [9.17, 15) is 19.1 Å². The molecule has 0 saturated heterocycles. The summed E-state index contributed by atoms with van der Waals surface area (Å²) in [5.41, 5.74) is 1.22. The number of aromatic nitrogens is 2. The summed E-state index contributed by atoms with van der Waals surface area (Å²) in [5.74, 6) is -1.03. The molecule has 0 aliphatic carbocycles. The lowest BCUT2D eigenvalue weighted by Crippen LogP contribution is -2.26. The van der Waals surface area contributed by atoms with E-state index in [0.717, 1.165) is 0 Å². The number of aryl methyl sites for hydroxylation is 1. The minimum atomic E-state index is -1.20. The molecule has 1 heterocycles. The van der Waals surface area contributed by atoms with Gasteiger partial charge in [0.2, 0.25) is 0 Å². The van der Waals surface area contributed by atoms with E-state index < -0.39 is 17.9 Å². The van der Waals surface area contributed by atoms with E-state index in [2.05, 4.69) is 0 Å². The molecule has 27 heavy (non-hydrogen) atoms. The first kappa shape index (κ1) is 18.8. The third-order valence-corrected chi connectivity index (χ3v) is 4.47. The molecule has 0 amide bonds. The van der Waals surface area contributed by atoms with E-state index in [0.29, 0.717) is 23.1 Å². The fourth-order valence-electron chi connectivity index (χ4n) is 3.16. The number of halogens is 1. The summed E-state index contributed by atoms with van der Waals surface area (Å²) < 4.78 is 21.9. The highest BCUT2D eigenvalue weighted by molar-refractivity contribution is 5.93. The molecular formula is C20H21FN2O4. The molecule has 3 aromatic rings. The Hall–Kier alpha value is -2.93. The number of hydrogen-bond donors (Lipinski definition) is 1. The van der Waals surface area contributed by atoms with Gasteiger partial charge < -0.3 is 9.84 Å². The van der Waals surface area contributed by atoms with Gasteiger partial charge in [-0.2, -0.15) is 0 Å². The lowest BCUT2D eigenvalue weighted by Gasteiger charge is -2.13. The van der Waals surface area contributed by atoms with Crippen molar-refractivity contribution in [3.63, 3.8) is 0 Å². The first-order valence-electron chi connectivity index (χ1n) is 8.80. The van der Waals surface area contributed by atoms with E-state index in [-0.39, 0.29) is 24.4 Å². The third-order valence-electron chi connectivity index (χ3n) is 4.47. The molecule has 1 atom stereocenters. The summed E-state index contributed by atoms with van der Waals surface area (Å²) in [6, 6.07) is 10.7. The zero-order valence-corrected chi connectivity index (χ0v) is 15.2. The zero-order chi connectivity index (χ0) is 19.6. The van der Waals surface area contributed by atoms with E-state index >= 15 is 0 Å².